The molecule has 0 saturated carbocycles. The zero-order valence-electron chi connectivity index (χ0n) is 24.9. The summed E-state index contributed by atoms with van der Waals surface area (Å²) in [5.41, 5.74) is 8.61. The van der Waals surface area contributed by atoms with Crippen LogP contribution >= 0.6 is 0 Å². The molecule has 4 N–H and O–H groups in total. The Morgan fingerprint density at radius 3 is 2.57 bits per heavy atom. The number of anilines is 2. The van der Waals surface area contributed by atoms with Gasteiger partial charge in [0, 0.05) is 43.5 Å². The van der Waals surface area contributed by atoms with E-state index in [1.54, 1.807) is 30.2 Å². The Kier molecular flexibility index (Phi) is 8.58. The molecule has 0 radical (unpaired) electrons. The summed E-state index contributed by atoms with van der Waals surface area (Å²) in [7, 11) is 3.90. The second-order valence-corrected chi connectivity index (χ2v) is 11.7. The predicted molar refractivity (Wildman–Crippen MR) is 167 cm³/mol. The van der Waals surface area contributed by atoms with Gasteiger partial charge in [-0.2, -0.15) is 10.1 Å². The van der Waals surface area contributed by atoms with Gasteiger partial charge in [0.15, 0.2) is 0 Å². The van der Waals surface area contributed by atoms with Gasteiger partial charge in [0.05, 0.1) is 22.8 Å². The van der Waals surface area contributed by atoms with Crippen molar-refractivity contribution in [2.75, 3.05) is 37.7 Å². The second kappa shape index (κ2) is 12.3. The van der Waals surface area contributed by atoms with Gasteiger partial charge in [0.25, 0.3) is 11.5 Å². The maximum atomic E-state index is 13.1. The Morgan fingerprint density at radius 1 is 1.12 bits per heavy atom. The molecule has 11 heteroatoms. The number of rotatable bonds is 10. The summed E-state index contributed by atoms with van der Waals surface area (Å²) in [5, 5.41) is 11.5. The number of pyridine rings is 1. The lowest BCUT2D eigenvalue weighted by Crippen LogP contribution is -2.46. The van der Waals surface area contributed by atoms with Crippen molar-refractivity contribution in [2.45, 2.75) is 57.5 Å². The number of hydrogen-bond donors (Lipinski definition) is 3. The molecule has 1 amide bonds. The summed E-state index contributed by atoms with van der Waals surface area (Å²) < 4.78 is 3.47. The maximum Gasteiger partial charge on any atom is 0.254 e. The summed E-state index contributed by atoms with van der Waals surface area (Å²) in [6.07, 6.45) is 9.91. The first kappa shape index (κ1) is 29.2. The first-order valence-electron chi connectivity index (χ1n) is 14.7. The van der Waals surface area contributed by atoms with Crippen molar-refractivity contribution in [3.8, 4) is 11.1 Å². The van der Waals surface area contributed by atoms with Crippen LogP contribution in [0, 0.1) is 0 Å². The monoisotopic (exact) mass is 571 g/mol. The third-order valence-electron chi connectivity index (χ3n) is 8.19. The Morgan fingerprint density at radius 2 is 1.88 bits per heavy atom. The number of unbranched alkanes of at least 4 members (excludes halogenated alkanes) is 1. The smallest absolute Gasteiger partial charge is 0.254 e. The van der Waals surface area contributed by atoms with Crippen LogP contribution in [-0.2, 0) is 7.05 Å². The fourth-order valence-electron chi connectivity index (χ4n) is 5.63. The summed E-state index contributed by atoms with van der Waals surface area (Å²) >= 11 is 0. The molecule has 3 aromatic heterocycles. The van der Waals surface area contributed by atoms with Crippen LogP contribution in [-0.4, -0.2) is 67.3 Å². The summed E-state index contributed by atoms with van der Waals surface area (Å²) in [6, 6.07) is 9.82. The van der Waals surface area contributed by atoms with Crippen LogP contribution in [0.1, 0.15) is 62.4 Å². The van der Waals surface area contributed by atoms with Crippen molar-refractivity contribution in [1.29, 1.82) is 0 Å². The molecule has 5 rings (SSSR count). The number of nitrogen functional groups attached to an aromatic ring is 1. The molecule has 1 fully saturated rings. The van der Waals surface area contributed by atoms with E-state index in [2.05, 4.69) is 51.5 Å². The molecule has 1 aliphatic heterocycles. The van der Waals surface area contributed by atoms with Crippen LogP contribution in [0.25, 0.3) is 22.0 Å². The van der Waals surface area contributed by atoms with E-state index >= 15 is 0 Å². The SMILES string of the molecule is CCCCC(C)(CNC(=O)c1cnn(C)c1)Nc1nc(N)nc2cc(-c3ccn(C4CCN(C)CC4)c(=O)c3)ccc12. The number of nitrogens with one attached hydrogen (secondary N) is 2. The lowest BCUT2D eigenvalue weighted by molar-refractivity contribution is 0.0945. The number of carbonyl (C=O) groups is 1. The first-order valence-corrected chi connectivity index (χ1v) is 14.7. The van der Waals surface area contributed by atoms with Crippen molar-refractivity contribution in [3.05, 3.63) is 64.8 Å². The minimum atomic E-state index is -0.487. The largest absolute Gasteiger partial charge is 0.368 e. The van der Waals surface area contributed by atoms with Gasteiger partial charge in [-0.05, 0) is 75.6 Å². The minimum absolute atomic E-state index is 0.00623. The van der Waals surface area contributed by atoms with E-state index in [-0.39, 0.29) is 23.5 Å². The highest BCUT2D eigenvalue weighted by Crippen LogP contribution is 2.30. The molecule has 1 saturated heterocycles. The van der Waals surface area contributed by atoms with Crippen molar-refractivity contribution in [2.24, 2.45) is 7.05 Å². The van der Waals surface area contributed by atoms with Gasteiger partial charge in [-0.3, -0.25) is 14.3 Å². The van der Waals surface area contributed by atoms with E-state index < -0.39 is 5.54 Å². The number of aromatic nitrogens is 5. The normalized spacial score (nSPS) is 15.9. The molecule has 1 aliphatic rings. The van der Waals surface area contributed by atoms with Gasteiger partial charge in [-0.15, -0.1) is 0 Å². The quantitative estimate of drug-likeness (QED) is 0.261. The average Bonchev–Trinajstić information content (AvgIpc) is 3.41. The van der Waals surface area contributed by atoms with Crippen LogP contribution in [0.3, 0.4) is 0 Å². The zero-order valence-corrected chi connectivity index (χ0v) is 24.9. The van der Waals surface area contributed by atoms with Crippen molar-refractivity contribution in [1.82, 2.24) is 34.5 Å². The molecule has 11 nitrogen and oxygen atoms in total. The topological polar surface area (TPSA) is 136 Å². The van der Waals surface area contributed by atoms with Gasteiger partial charge in [0.1, 0.15) is 5.82 Å². The molecular weight excluding hydrogens is 530 g/mol. The molecule has 0 spiro atoms. The number of fused-ring (bicyclic) bond motifs is 1. The highest BCUT2D eigenvalue weighted by Gasteiger charge is 2.27. The number of nitrogens with zero attached hydrogens (tertiary/aromatic N) is 6. The molecule has 1 atom stereocenters. The Labute approximate surface area is 246 Å². The molecule has 0 aliphatic carbocycles. The fourth-order valence-corrected chi connectivity index (χ4v) is 5.63. The lowest BCUT2D eigenvalue weighted by Gasteiger charge is -2.32. The molecule has 1 aromatic carbocycles. The standard InChI is InChI=1S/C31H41N9O2/c1-5-6-12-31(2,20-33-29(42)23-18-34-39(4)19-23)37-28-25-8-7-21(16-26(25)35-30(32)36-28)22-9-15-40(27(41)17-22)24-10-13-38(3)14-11-24/h7-9,15-19,24H,5-6,10-14,20H2,1-4H3,(H,33,42)(H3,32,35,36,37). The number of aryl methyl sites for hydroxylation is 1. The highest BCUT2D eigenvalue weighted by molar-refractivity contribution is 5.94. The van der Waals surface area contributed by atoms with Gasteiger partial charge < -0.3 is 25.8 Å². The lowest BCUT2D eigenvalue weighted by atomic mass is 9.94. The predicted octanol–water partition coefficient (Wildman–Crippen LogP) is 3.83. The van der Waals surface area contributed by atoms with Gasteiger partial charge in [-0.25, -0.2) is 4.98 Å². The summed E-state index contributed by atoms with van der Waals surface area (Å²) in [4.78, 5) is 37.2. The van der Waals surface area contributed by atoms with E-state index in [1.807, 2.05) is 35.0 Å². The van der Waals surface area contributed by atoms with Crippen molar-refractivity contribution < 1.29 is 4.79 Å². The first-order chi connectivity index (χ1) is 20.1. The number of likely N-dealkylation sites (tertiary alicyclic amines) is 1. The number of carbonyl (C=O) groups excluding carboxylic acids is 1. The number of nitrogens with two attached hydrogens (primary N) is 1. The van der Waals surface area contributed by atoms with E-state index in [9.17, 15) is 9.59 Å². The number of amides is 1. The maximum absolute atomic E-state index is 13.1. The van der Waals surface area contributed by atoms with E-state index in [4.69, 9.17) is 5.73 Å². The van der Waals surface area contributed by atoms with Crippen LogP contribution in [0.15, 0.2) is 53.7 Å². The van der Waals surface area contributed by atoms with Crippen LogP contribution in [0.5, 0.6) is 0 Å². The van der Waals surface area contributed by atoms with E-state index in [1.165, 1.54) is 0 Å². The average molecular weight is 572 g/mol. The van der Waals surface area contributed by atoms with Crippen LogP contribution in [0.2, 0.25) is 0 Å². The van der Waals surface area contributed by atoms with Gasteiger partial charge >= 0.3 is 0 Å². The van der Waals surface area contributed by atoms with Gasteiger partial charge in [-0.1, -0.05) is 25.8 Å². The molecule has 1 unspecified atom stereocenters. The third kappa shape index (κ3) is 6.62. The van der Waals surface area contributed by atoms with Crippen LogP contribution < -0.4 is 21.9 Å². The third-order valence-corrected chi connectivity index (χ3v) is 8.19. The molecule has 4 heterocycles. The van der Waals surface area contributed by atoms with Crippen LogP contribution in [0.4, 0.5) is 11.8 Å². The Balaban J connectivity index is 1.39. The highest BCUT2D eigenvalue weighted by atomic mass is 16.1. The molecular formula is C31H41N9O2. The van der Waals surface area contributed by atoms with Crippen molar-refractivity contribution >= 4 is 28.6 Å². The van der Waals surface area contributed by atoms with E-state index in [0.29, 0.717) is 23.4 Å². The molecule has 222 valence electrons. The number of hydrogen-bond acceptors (Lipinski definition) is 8. The number of benzene rings is 1. The summed E-state index contributed by atoms with van der Waals surface area (Å²) in [6.45, 7) is 6.59. The Hall–Kier alpha value is -4.25. The van der Waals surface area contributed by atoms with Crippen molar-refractivity contribution in [3.63, 3.8) is 0 Å². The van der Waals surface area contributed by atoms with E-state index in [0.717, 1.165) is 61.7 Å². The second-order valence-electron chi connectivity index (χ2n) is 11.7. The fraction of sp³-hybridized carbons (Fsp3) is 0.452. The number of piperidine rings is 1. The Bertz CT molecular complexity index is 1620. The molecule has 42 heavy (non-hydrogen) atoms. The molecule has 0 bridgehead atoms. The molecule has 4 aromatic rings. The summed E-state index contributed by atoms with van der Waals surface area (Å²) in [5.74, 6) is 0.579. The van der Waals surface area contributed by atoms with Gasteiger partial charge in [0.2, 0.25) is 5.95 Å². The minimum Gasteiger partial charge on any atom is -0.368 e. The zero-order chi connectivity index (χ0) is 29.9.